The van der Waals surface area contributed by atoms with Gasteiger partial charge >= 0.3 is 0 Å². The number of nitrogens with one attached hydrogen (secondary N) is 2. The lowest BCUT2D eigenvalue weighted by atomic mass is 10.1. The van der Waals surface area contributed by atoms with Crippen molar-refractivity contribution in [2.45, 2.75) is 0 Å². The number of hydrogen-bond acceptors (Lipinski definition) is 3. The summed E-state index contributed by atoms with van der Waals surface area (Å²) in [4.78, 5) is 24.7. The van der Waals surface area contributed by atoms with Crippen LogP contribution >= 0.6 is 11.6 Å². The van der Waals surface area contributed by atoms with Crippen LogP contribution in [-0.2, 0) is 0 Å². The van der Waals surface area contributed by atoms with Crippen molar-refractivity contribution in [3.8, 4) is 5.75 Å². The predicted octanol–water partition coefficient (Wildman–Crippen LogP) is 4.85. The Morgan fingerprint density at radius 2 is 1.41 bits per heavy atom. The summed E-state index contributed by atoms with van der Waals surface area (Å²) in [5.74, 6) is -0.0677. The molecule has 0 unspecified atom stereocenters. The molecule has 0 saturated carbocycles. The second-order valence-corrected chi connectivity index (χ2v) is 6.13. The largest absolute Gasteiger partial charge is 0.495 e. The molecule has 136 valence electrons. The smallest absolute Gasteiger partial charge is 0.255 e. The molecule has 2 N–H and O–H groups in total. The van der Waals surface area contributed by atoms with Crippen LogP contribution in [0.4, 0.5) is 11.4 Å². The minimum Gasteiger partial charge on any atom is -0.495 e. The molecule has 0 fully saturated rings. The first-order valence-electron chi connectivity index (χ1n) is 8.18. The Morgan fingerprint density at radius 3 is 2.00 bits per heavy atom. The molecule has 0 aliphatic rings. The molecule has 0 radical (unpaired) electrons. The van der Waals surface area contributed by atoms with Crippen LogP contribution in [0.3, 0.4) is 0 Å². The lowest BCUT2D eigenvalue weighted by Crippen LogP contribution is -2.14. The number of amides is 2. The van der Waals surface area contributed by atoms with Crippen molar-refractivity contribution in [3.63, 3.8) is 0 Å². The third-order valence-electron chi connectivity index (χ3n) is 3.85. The fourth-order valence-electron chi connectivity index (χ4n) is 2.47. The Balaban J connectivity index is 1.70. The van der Waals surface area contributed by atoms with E-state index in [9.17, 15) is 9.59 Å². The van der Waals surface area contributed by atoms with Gasteiger partial charge in [0.05, 0.1) is 12.8 Å². The van der Waals surface area contributed by atoms with Crippen LogP contribution < -0.4 is 15.4 Å². The first-order chi connectivity index (χ1) is 13.1. The summed E-state index contributed by atoms with van der Waals surface area (Å²) in [6, 6.07) is 20.5. The first-order valence-corrected chi connectivity index (χ1v) is 8.56. The van der Waals surface area contributed by atoms with E-state index >= 15 is 0 Å². The summed E-state index contributed by atoms with van der Waals surface area (Å²) >= 11 is 5.97. The number of carbonyl (C=O) groups excluding carboxylic acids is 2. The molecule has 3 rings (SSSR count). The monoisotopic (exact) mass is 380 g/mol. The minimum absolute atomic E-state index is 0.246. The lowest BCUT2D eigenvalue weighted by Gasteiger charge is -2.11. The summed E-state index contributed by atoms with van der Waals surface area (Å²) in [7, 11) is 1.51. The molecule has 3 aromatic rings. The van der Waals surface area contributed by atoms with Crippen LogP contribution in [0, 0.1) is 0 Å². The van der Waals surface area contributed by atoms with E-state index in [0.29, 0.717) is 33.3 Å². The Labute approximate surface area is 161 Å². The minimum atomic E-state index is -0.328. The topological polar surface area (TPSA) is 67.4 Å². The van der Waals surface area contributed by atoms with Gasteiger partial charge in [0.25, 0.3) is 11.8 Å². The van der Waals surface area contributed by atoms with Gasteiger partial charge in [0.2, 0.25) is 0 Å². The maximum absolute atomic E-state index is 12.5. The van der Waals surface area contributed by atoms with Gasteiger partial charge in [-0.05, 0) is 54.6 Å². The van der Waals surface area contributed by atoms with Gasteiger partial charge in [-0.25, -0.2) is 0 Å². The van der Waals surface area contributed by atoms with Gasteiger partial charge in [0.15, 0.2) is 0 Å². The van der Waals surface area contributed by atoms with Crippen molar-refractivity contribution in [1.29, 1.82) is 0 Å². The second kappa shape index (κ2) is 8.38. The van der Waals surface area contributed by atoms with Gasteiger partial charge in [0, 0.05) is 21.8 Å². The van der Waals surface area contributed by atoms with Gasteiger partial charge in [0.1, 0.15) is 5.75 Å². The first kappa shape index (κ1) is 18.5. The average Bonchev–Trinajstić information content (AvgIpc) is 2.69. The van der Waals surface area contributed by atoms with Crippen molar-refractivity contribution < 1.29 is 14.3 Å². The summed E-state index contributed by atoms with van der Waals surface area (Å²) in [6.45, 7) is 0. The number of benzene rings is 3. The molecular weight excluding hydrogens is 364 g/mol. The van der Waals surface area contributed by atoms with Crippen molar-refractivity contribution >= 4 is 34.8 Å². The Hall–Kier alpha value is -3.31. The second-order valence-electron chi connectivity index (χ2n) is 5.70. The van der Waals surface area contributed by atoms with Gasteiger partial charge in [-0.3, -0.25) is 9.59 Å². The highest BCUT2D eigenvalue weighted by Crippen LogP contribution is 2.28. The molecule has 0 aromatic heterocycles. The number of hydrogen-bond donors (Lipinski definition) is 2. The Kier molecular flexibility index (Phi) is 5.74. The van der Waals surface area contributed by atoms with Gasteiger partial charge < -0.3 is 15.4 Å². The SMILES string of the molecule is COc1ccc(Cl)cc1NC(=O)c1ccc(C(=O)Nc2ccccc2)cc1. The number of methoxy groups -OCH3 is 1. The zero-order valence-electron chi connectivity index (χ0n) is 14.5. The number of para-hydroxylation sites is 1. The molecule has 0 atom stereocenters. The molecule has 0 aliphatic heterocycles. The van der Waals surface area contributed by atoms with Crippen LogP contribution in [0.1, 0.15) is 20.7 Å². The van der Waals surface area contributed by atoms with E-state index in [1.807, 2.05) is 18.2 Å². The molecule has 0 saturated heterocycles. The number of halogens is 1. The third kappa shape index (κ3) is 4.65. The summed E-state index contributed by atoms with van der Waals surface area (Å²) in [5, 5.41) is 6.04. The van der Waals surface area contributed by atoms with Gasteiger partial charge in [-0.1, -0.05) is 29.8 Å². The van der Waals surface area contributed by atoms with Crippen molar-refractivity contribution in [3.05, 3.63) is 88.9 Å². The van der Waals surface area contributed by atoms with Crippen molar-refractivity contribution in [1.82, 2.24) is 0 Å². The van der Waals surface area contributed by atoms with Crippen LogP contribution in [0.5, 0.6) is 5.75 Å². The molecule has 3 aromatic carbocycles. The van der Waals surface area contributed by atoms with Crippen molar-refractivity contribution in [2.24, 2.45) is 0 Å². The number of rotatable bonds is 5. The predicted molar refractivity (Wildman–Crippen MR) is 107 cm³/mol. The molecule has 0 heterocycles. The average molecular weight is 381 g/mol. The highest BCUT2D eigenvalue weighted by atomic mass is 35.5. The molecule has 0 bridgehead atoms. The molecule has 0 aliphatic carbocycles. The van der Waals surface area contributed by atoms with E-state index in [2.05, 4.69) is 10.6 Å². The zero-order valence-corrected chi connectivity index (χ0v) is 15.3. The number of carbonyl (C=O) groups is 2. The summed E-state index contributed by atoms with van der Waals surface area (Å²) in [5.41, 5.74) is 2.04. The highest BCUT2D eigenvalue weighted by molar-refractivity contribution is 6.31. The highest BCUT2D eigenvalue weighted by Gasteiger charge is 2.12. The normalized spacial score (nSPS) is 10.1. The van der Waals surface area contributed by atoms with Crippen LogP contribution in [-0.4, -0.2) is 18.9 Å². The molecular formula is C21H17ClN2O3. The maximum Gasteiger partial charge on any atom is 0.255 e. The molecule has 0 spiro atoms. The Morgan fingerprint density at radius 1 is 0.815 bits per heavy atom. The zero-order chi connectivity index (χ0) is 19.2. The summed E-state index contributed by atoms with van der Waals surface area (Å²) < 4.78 is 5.22. The lowest BCUT2D eigenvalue weighted by molar-refractivity contribution is 0.101. The maximum atomic E-state index is 12.5. The molecule has 5 nitrogen and oxygen atoms in total. The third-order valence-corrected chi connectivity index (χ3v) is 4.09. The number of ether oxygens (including phenoxy) is 1. The van der Waals surface area contributed by atoms with Crippen LogP contribution in [0.2, 0.25) is 5.02 Å². The molecule has 6 heteroatoms. The standard InChI is InChI=1S/C21H17ClN2O3/c1-27-19-12-11-16(22)13-18(19)24-21(26)15-9-7-14(8-10-15)20(25)23-17-5-3-2-4-6-17/h2-13H,1H3,(H,23,25)(H,24,26). The number of anilines is 2. The fourth-order valence-corrected chi connectivity index (χ4v) is 2.64. The van der Waals surface area contributed by atoms with Gasteiger partial charge in [-0.15, -0.1) is 0 Å². The quantitative estimate of drug-likeness (QED) is 0.664. The van der Waals surface area contributed by atoms with E-state index in [4.69, 9.17) is 16.3 Å². The van der Waals surface area contributed by atoms with Crippen LogP contribution in [0.15, 0.2) is 72.8 Å². The van der Waals surface area contributed by atoms with E-state index in [-0.39, 0.29) is 11.8 Å². The van der Waals surface area contributed by atoms with E-state index in [1.54, 1.807) is 54.6 Å². The van der Waals surface area contributed by atoms with E-state index < -0.39 is 0 Å². The Bertz CT molecular complexity index is 957. The van der Waals surface area contributed by atoms with E-state index in [1.165, 1.54) is 7.11 Å². The van der Waals surface area contributed by atoms with Crippen LogP contribution in [0.25, 0.3) is 0 Å². The fraction of sp³-hybridized carbons (Fsp3) is 0.0476. The van der Waals surface area contributed by atoms with Gasteiger partial charge in [-0.2, -0.15) is 0 Å². The molecule has 2 amide bonds. The molecule has 27 heavy (non-hydrogen) atoms. The van der Waals surface area contributed by atoms with E-state index in [0.717, 1.165) is 0 Å². The van der Waals surface area contributed by atoms with Crippen molar-refractivity contribution in [2.75, 3.05) is 17.7 Å². The summed E-state index contributed by atoms with van der Waals surface area (Å²) in [6.07, 6.45) is 0.